The summed E-state index contributed by atoms with van der Waals surface area (Å²) in [7, 11) is 1.55. The highest BCUT2D eigenvalue weighted by Crippen LogP contribution is 2.41. The summed E-state index contributed by atoms with van der Waals surface area (Å²) in [4.78, 5) is 24.0. The number of benzene rings is 1. The Kier molecular flexibility index (Phi) is 14.1. The number of rotatable bonds is 8. The maximum absolute atomic E-state index is 14.2. The van der Waals surface area contributed by atoms with E-state index in [1.807, 2.05) is 34.9 Å². The zero-order valence-electron chi connectivity index (χ0n) is 24.7. The van der Waals surface area contributed by atoms with E-state index < -0.39 is 29.6 Å². The van der Waals surface area contributed by atoms with E-state index in [4.69, 9.17) is 4.74 Å². The van der Waals surface area contributed by atoms with Gasteiger partial charge < -0.3 is 29.7 Å². The van der Waals surface area contributed by atoms with Crippen LogP contribution < -0.4 is 5.32 Å². The Morgan fingerprint density at radius 2 is 1.87 bits per heavy atom. The number of hydrogen-bond donors (Lipinski definition) is 3. The number of nitrogens with one attached hydrogen (secondary N) is 1. The van der Waals surface area contributed by atoms with Gasteiger partial charge in [-0.25, -0.2) is 9.97 Å². The largest absolute Gasteiger partial charge is 0.433 e. The summed E-state index contributed by atoms with van der Waals surface area (Å²) in [5.74, 6) is -0.352. The molecule has 1 aromatic carbocycles. The van der Waals surface area contributed by atoms with Crippen LogP contribution in [0.3, 0.4) is 0 Å². The van der Waals surface area contributed by atoms with Crippen LogP contribution in [0.15, 0.2) is 54.9 Å². The van der Waals surface area contributed by atoms with Crippen molar-refractivity contribution in [1.82, 2.24) is 24.8 Å². The molecule has 4 atom stereocenters. The Bertz CT molecular complexity index is 1380. The first kappa shape index (κ1) is 38.7. The smallest absolute Gasteiger partial charge is 0.387 e. The molecule has 0 spiro atoms. The van der Waals surface area contributed by atoms with E-state index >= 15 is 0 Å². The van der Waals surface area contributed by atoms with Gasteiger partial charge >= 0.3 is 6.18 Å². The molecule has 45 heavy (non-hydrogen) atoms. The number of amides is 1. The molecule has 3 heterocycles. The second-order valence-electron chi connectivity index (χ2n) is 11.1. The summed E-state index contributed by atoms with van der Waals surface area (Å²) in [6.07, 6.45) is -1.33. The van der Waals surface area contributed by atoms with Gasteiger partial charge in [0.25, 0.3) is 5.91 Å². The standard InChI is InChI=1S/C30H36F3N5O4.3ClH/c1-42-18-29(41)13-6-5-12-25(29)38-19-35-26(27(38)20-8-3-2-4-9-20)28(40)37-15-14-34-17-21(37)16-23(39)22-10-7-11-24(36-22)30(31,32)33;;;/h2-4,7-11,19,21,23,25,34,39,41H,5-6,12-18H2,1H3;3*1H/t21-,23+,25-,29-;;;/m1.../s1. The van der Waals surface area contributed by atoms with Crippen molar-refractivity contribution in [3.63, 3.8) is 0 Å². The molecule has 1 aliphatic carbocycles. The van der Waals surface area contributed by atoms with Crippen LogP contribution in [0.2, 0.25) is 0 Å². The van der Waals surface area contributed by atoms with Crippen molar-refractivity contribution in [2.75, 3.05) is 33.4 Å². The summed E-state index contributed by atoms with van der Waals surface area (Å²) < 4.78 is 46.9. The predicted molar refractivity (Wildman–Crippen MR) is 170 cm³/mol. The average molecular weight is 697 g/mol. The zero-order chi connectivity index (χ0) is 29.9. The molecule has 1 saturated heterocycles. The minimum atomic E-state index is -4.63. The lowest BCUT2D eigenvalue weighted by Crippen LogP contribution is -2.54. The average Bonchev–Trinajstić information content (AvgIpc) is 3.42. The summed E-state index contributed by atoms with van der Waals surface area (Å²) >= 11 is 0. The van der Waals surface area contributed by atoms with Gasteiger partial charge in [-0.3, -0.25) is 4.79 Å². The van der Waals surface area contributed by atoms with Gasteiger partial charge in [0.15, 0.2) is 5.69 Å². The number of aliphatic hydroxyl groups is 2. The fraction of sp³-hybridized carbons (Fsp3) is 0.500. The number of methoxy groups -OCH3 is 1. The first-order valence-corrected chi connectivity index (χ1v) is 14.2. The van der Waals surface area contributed by atoms with E-state index in [1.165, 1.54) is 12.1 Å². The Hall–Kier alpha value is -2.45. The highest BCUT2D eigenvalue weighted by molar-refractivity contribution is 5.98. The van der Waals surface area contributed by atoms with E-state index in [0.717, 1.165) is 24.5 Å². The molecular formula is C30H39Cl3F3N5O4. The van der Waals surface area contributed by atoms with Crippen molar-refractivity contribution >= 4 is 43.1 Å². The van der Waals surface area contributed by atoms with Crippen LogP contribution in [0.5, 0.6) is 0 Å². The Morgan fingerprint density at radius 1 is 1.13 bits per heavy atom. The lowest BCUT2D eigenvalue weighted by molar-refractivity contribution is -0.141. The maximum atomic E-state index is 14.2. The highest BCUT2D eigenvalue weighted by Gasteiger charge is 2.42. The quantitative estimate of drug-likeness (QED) is 0.295. The van der Waals surface area contributed by atoms with Gasteiger partial charge in [-0.15, -0.1) is 37.2 Å². The van der Waals surface area contributed by atoms with Crippen LogP contribution >= 0.6 is 37.2 Å². The van der Waals surface area contributed by atoms with Crippen molar-refractivity contribution in [1.29, 1.82) is 0 Å². The third-order valence-electron chi connectivity index (χ3n) is 8.24. The molecule has 15 heteroatoms. The number of aromatic nitrogens is 3. The van der Waals surface area contributed by atoms with Crippen LogP contribution in [-0.2, 0) is 10.9 Å². The van der Waals surface area contributed by atoms with E-state index in [0.29, 0.717) is 38.2 Å². The number of nitrogens with zero attached hydrogens (tertiary/aromatic N) is 4. The minimum absolute atomic E-state index is 0. The number of ether oxygens (including phenoxy) is 1. The monoisotopic (exact) mass is 695 g/mol. The maximum Gasteiger partial charge on any atom is 0.433 e. The fourth-order valence-corrected chi connectivity index (χ4v) is 6.20. The molecule has 5 rings (SSSR count). The Morgan fingerprint density at radius 3 is 2.56 bits per heavy atom. The lowest BCUT2D eigenvalue weighted by atomic mass is 9.80. The number of aliphatic hydroxyl groups excluding tert-OH is 1. The first-order chi connectivity index (χ1) is 20.1. The molecule has 1 saturated carbocycles. The molecule has 2 aliphatic rings. The van der Waals surface area contributed by atoms with Gasteiger partial charge in [0.1, 0.15) is 11.3 Å². The van der Waals surface area contributed by atoms with Crippen LogP contribution in [-0.4, -0.2) is 80.5 Å². The molecule has 250 valence electrons. The fourth-order valence-electron chi connectivity index (χ4n) is 6.20. The van der Waals surface area contributed by atoms with E-state index in [-0.39, 0.29) is 73.6 Å². The number of alkyl halides is 3. The summed E-state index contributed by atoms with van der Waals surface area (Å²) in [5, 5.41) is 25.7. The van der Waals surface area contributed by atoms with E-state index in [1.54, 1.807) is 18.3 Å². The second kappa shape index (κ2) is 16.4. The van der Waals surface area contributed by atoms with Crippen LogP contribution in [0, 0.1) is 0 Å². The van der Waals surface area contributed by atoms with E-state index in [2.05, 4.69) is 15.3 Å². The summed E-state index contributed by atoms with van der Waals surface area (Å²) in [6, 6.07) is 11.9. The number of halogens is 6. The van der Waals surface area contributed by atoms with Crippen LogP contribution in [0.4, 0.5) is 13.2 Å². The van der Waals surface area contributed by atoms with Crippen molar-refractivity contribution in [3.8, 4) is 11.3 Å². The molecule has 0 bridgehead atoms. The molecule has 3 aromatic rings. The van der Waals surface area contributed by atoms with Crippen molar-refractivity contribution < 1.29 is 32.9 Å². The second-order valence-corrected chi connectivity index (χ2v) is 11.1. The number of piperazine rings is 1. The van der Waals surface area contributed by atoms with Crippen LogP contribution in [0.25, 0.3) is 11.3 Å². The number of carbonyl (C=O) groups is 1. The third-order valence-corrected chi connectivity index (χ3v) is 8.24. The SMILES string of the molecule is COC[C@]1(O)CCCC[C@H]1n1cnc(C(=O)N2CCNC[C@H]2C[C@H](O)c2cccc(C(F)(F)F)n2)c1-c1ccccc1.Cl.Cl.Cl. The molecule has 1 amide bonds. The van der Waals surface area contributed by atoms with Gasteiger partial charge in [0.05, 0.1) is 36.5 Å². The predicted octanol–water partition coefficient (Wildman–Crippen LogP) is 5.26. The molecule has 0 radical (unpaired) electrons. The van der Waals surface area contributed by atoms with Crippen molar-refractivity contribution in [2.45, 2.75) is 62.1 Å². The van der Waals surface area contributed by atoms with Gasteiger partial charge in [-0.05, 0) is 25.0 Å². The topological polar surface area (TPSA) is 113 Å². The van der Waals surface area contributed by atoms with Gasteiger partial charge in [0, 0.05) is 44.8 Å². The van der Waals surface area contributed by atoms with Crippen molar-refractivity contribution in [2.24, 2.45) is 0 Å². The Balaban J connectivity index is 0.00000235. The minimum Gasteiger partial charge on any atom is -0.387 e. The first-order valence-electron chi connectivity index (χ1n) is 14.2. The summed E-state index contributed by atoms with van der Waals surface area (Å²) in [5.41, 5.74) is -0.750. The van der Waals surface area contributed by atoms with Gasteiger partial charge in [-0.1, -0.05) is 49.2 Å². The lowest BCUT2D eigenvalue weighted by Gasteiger charge is -2.41. The molecule has 9 nitrogen and oxygen atoms in total. The number of carbonyl (C=O) groups excluding carboxylic acids is 1. The Labute approximate surface area is 278 Å². The number of hydrogen-bond acceptors (Lipinski definition) is 7. The zero-order valence-corrected chi connectivity index (χ0v) is 27.1. The van der Waals surface area contributed by atoms with Crippen molar-refractivity contribution in [3.05, 3.63) is 71.9 Å². The van der Waals surface area contributed by atoms with E-state index in [9.17, 15) is 28.2 Å². The molecule has 1 aliphatic heterocycles. The number of imidazole rings is 1. The van der Waals surface area contributed by atoms with Gasteiger partial charge in [-0.2, -0.15) is 13.2 Å². The molecule has 3 N–H and O–H groups in total. The third kappa shape index (κ3) is 8.48. The molecule has 2 aromatic heterocycles. The normalized spacial score (nSPS) is 22.4. The van der Waals surface area contributed by atoms with Gasteiger partial charge in [0.2, 0.25) is 0 Å². The molecular weight excluding hydrogens is 658 g/mol. The molecule has 2 fully saturated rings. The highest BCUT2D eigenvalue weighted by atomic mass is 35.5. The summed E-state index contributed by atoms with van der Waals surface area (Å²) in [6.45, 7) is 1.33. The van der Waals surface area contributed by atoms with Crippen LogP contribution in [0.1, 0.15) is 66.1 Å². The molecule has 0 unspecified atom stereocenters. The number of pyridine rings is 1.